The molecular formula is C11H17BrN2O2. The van der Waals surface area contributed by atoms with Gasteiger partial charge in [0.2, 0.25) is 0 Å². The average Bonchev–Trinajstić information content (AvgIpc) is 2.45. The zero-order valence-corrected chi connectivity index (χ0v) is 11.7. The third-order valence-corrected chi connectivity index (χ3v) is 3.50. The van der Waals surface area contributed by atoms with E-state index in [0.29, 0.717) is 13.0 Å². The predicted octanol–water partition coefficient (Wildman–Crippen LogP) is 2.03. The van der Waals surface area contributed by atoms with Gasteiger partial charge in [-0.3, -0.25) is 9.48 Å². The smallest absolute Gasteiger partial charge is 0.167 e. The van der Waals surface area contributed by atoms with Crippen molar-refractivity contribution in [2.75, 3.05) is 6.61 Å². The van der Waals surface area contributed by atoms with Crippen molar-refractivity contribution in [3.05, 3.63) is 15.9 Å². The highest BCUT2D eigenvalue weighted by molar-refractivity contribution is 9.10. The van der Waals surface area contributed by atoms with E-state index in [4.69, 9.17) is 4.74 Å². The van der Waals surface area contributed by atoms with Crippen LogP contribution in [0.25, 0.3) is 0 Å². The van der Waals surface area contributed by atoms with Gasteiger partial charge in [-0.05, 0) is 36.7 Å². The maximum absolute atomic E-state index is 11.8. The van der Waals surface area contributed by atoms with Crippen molar-refractivity contribution >= 4 is 21.7 Å². The van der Waals surface area contributed by atoms with E-state index in [2.05, 4.69) is 21.0 Å². The fourth-order valence-electron chi connectivity index (χ4n) is 1.52. The maximum atomic E-state index is 11.8. The Hall–Kier alpha value is -0.680. The summed E-state index contributed by atoms with van der Waals surface area (Å²) in [7, 11) is 1.84. The fourth-order valence-corrected chi connectivity index (χ4v) is 2.00. The molecule has 90 valence electrons. The van der Waals surface area contributed by atoms with Gasteiger partial charge in [0, 0.05) is 13.7 Å². The first-order valence-corrected chi connectivity index (χ1v) is 6.09. The van der Waals surface area contributed by atoms with Crippen molar-refractivity contribution in [1.29, 1.82) is 0 Å². The number of carbonyl (C=O) groups excluding carboxylic acids is 1. The lowest BCUT2D eigenvalue weighted by molar-refractivity contribution is -0.128. The van der Waals surface area contributed by atoms with Gasteiger partial charge in [-0.15, -0.1) is 0 Å². The minimum absolute atomic E-state index is 0.0746. The quantitative estimate of drug-likeness (QED) is 0.833. The number of aryl methyl sites for hydroxylation is 2. The Labute approximate surface area is 104 Å². The largest absolute Gasteiger partial charge is 0.371 e. The maximum Gasteiger partial charge on any atom is 0.167 e. The number of ether oxygens (including phenoxy) is 1. The van der Waals surface area contributed by atoms with Crippen LogP contribution in [0.3, 0.4) is 0 Å². The van der Waals surface area contributed by atoms with E-state index >= 15 is 0 Å². The fraction of sp³-hybridized carbons (Fsp3) is 0.636. The lowest BCUT2D eigenvalue weighted by Gasteiger charge is -2.10. The summed E-state index contributed by atoms with van der Waals surface area (Å²) < 4.78 is 7.91. The molecule has 0 bridgehead atoms. The molecule has 0 N–H and O–H groups in total. The number of Topliss-reactive ketones (excluding diaryl/α,β-unsaturated/α-hetero) is 1. The van der Waals surface area contributed by atoms with Crippen LogP contribution >= 0.6 is 15.9 Å². The van der Waals surface area contributed by atoms with Gasteiger partial charge in [0.1, 0.15) is 6.10 Å². The summed E-state index contributed by atoms with van der Waals surface area (Å²) in [5.41, 5.74) is 1.79. The minimum Gasteiger partial charge on any atom is -0.371 e. The summed E-state index contributed by atoms with van der Waals surface area (Å²) in [4.78, 5) is 11.8. The normalized spacial score (nSPS) is 12.8. The van der Waals surface area contributed by atoms with E-state index in [1.165, 1.54) is 0 Å². The van der Waals surface area contributed by atoms with Gasteiger partial charge in [-0.1, -0.05) is 0 Å². The van der Waals surface area contributed by atoms with Crippen molar-refractivity contribution in [2.45, 2.75) is 33.3 Å². The van der Waals surface area contributed by atoms with Crippen molar-refractivity contribution in [1.82, 2.24) is 9.78 Å². The summed E-state index contributed by atoms with van der Waals surface area (Å²) in [5.74, 6) is 0.0746. The minimum atomic E-state index is -0.355. The van der Waals surface area contributed by atoms with Crippen LogP contribution in [0.2, 0.25) is 0 Å². The number of rotatable bonds is 5. The molecule has 0 amide bonds. The summed E-state index contributed by atoms with van der Waals surface area (Å²) >= 11 is 3.44. The van der Waals surface area contributed by atoms with E-state index in [-0.39, 0.29) is 11.9 Å². The Kier molecular flexibility index (Phi) is 4.68. The van der Waals surface area contributed by atoms with Crippen LogP contribution in [-0.4, -0.2) is 28.3 Å². The number of ketones is 1. The number of halogens is 1. The van der Waals surface area contributed by atoms with Crippen LogP contribution in [0, 0.1) is 6.92 Å². The van der Waals surface area contributed by atoms with Gasteiger partial charge in [0.05, 0.1) is 22.3 Å². The molecule has 16 heavy (non-hydrogen) atoms. The van der Waals surface area contributed by atoms with Crippen molar-refractivity contribution in [3.8, 4) is 0 Å². The Morgan fingerprint density at radius 1 is 1.62 bits per heavy atom. The molecule has 0 aliphatic carbocycles. The highest BCUT2D eigenvalue weighted by Gasteiger charge is 2.18. The SMILES string of the molecule is CCOC(C)C(=O)Cc1c(Br)c(C)nn1C. The second-order valence-electron chi connectivity index (χ2n) is 3.71. The highest BCUT2D eigenvalue weighted by atomic mass is 79.9. The number of aromatic nitrogens is 2. The van der Waals surface area contributed by atoms with Crippen molar-refractivity contribution in [2.24, 2.45) is 7.05 Å². The molecule has 0 spiro atoms. The van der Waals surface area contributed by atoms with Crippen LogP contribution in [0.15, 0.2) is 4.47 Å². The zero-order valence-electron chi connectivity index (χ0n) is 10.1. The summed E-state index contributed by atoms with van der Waals surface area (Å²) in [6.07, 6.45) is -0.00821. The molecule has 0 saturated heterocycles. The summed E-state index contributed by atoms with van der Waals surface area (Å²) in [5, 5.41) is 4.25. The molecule has 1 unspecified atom stereocenters. The van der Waals surface area contributed by atoms with Gasteiger partial charge < -0.3 is 4.74 Å². The predicted molar refractivity (Wildman–Crippen MR) is 65.4 cm³/mol. The number of hydrogen-bond donors (Lipinski definition) is 0. The van der Waals surface area contributed by atoms with Crippen LogP contribution in [0.4, 0.5) is 0 Å². The van der Waals surface area contributed by atoms with Crippen molar-refractivity contribution in [3.63, 3.8) is 0 Å². The molecule has 0 fully saturated rings. The van der Waals surface area contributed by atoms with Crippen LogP contribution in [-0.2, 0) is 23.0 Å². The molecule has 0 radical (unpaired) electrons. The van der Waals surface area contributed by atoms with E-state index < -0.39 is 0 Å². The summed E-state index contributed by atoms with van der Waals surface area (Å²) in [6.45, 7) is 6.12. The standard InChI is InChI=1S/C11H17BrN2O2/c1-5-16-8(3)10(15)6-9-11(12)7(2)13-14(9)4/h8H,5-6H2,1-4H3. The zero-order chi connectivity index (χ0) is 12.3. The monoisotopic (exact) mass is 288 g/mol. The Balaban J connectivity index is 2.77. The van der Waals surface area contributed by atoms with Gasteiger partial charge in [-0.25, -0.2) is 0 Å². The Morgan fingerprint density at radius 3 is 2.69 bits per heavy atom. The van der Waals surface area contributed by atoms with Gasteiger partial charge in [-0.2, -0.15) is 5.10 Å². The van der Waals surface area contributed by atoms with Crippen LogP contribution < -0.4 is 0 Å². The molecule has 1 atom stereocenters. The lowest BCUT2D eigenvalue weighted by atomic mass is 10.1. The van der Waals surface area contributed by atoms with E-state index in [9.17, 15) is 4.79 Å². The molecule has 0 aliphatic rings. The molecule has 1 aromatic rings. The Morgan fingerprint density at radius 2 is 2.25 bits per heavy atom. The Bertz CT molecular complexity index is 388. The second-order valence-corrected chi connectivity index (χ2v) is 4.50. The lowest BCUT2D eigenvalue weighted by Crippen LogP contribution is -2.23. The first-order valence-electron chi connectivity index (χ1n) is 5.29. The van der Waals surface area contributed by atoms with Crippen LogP contribution in [0.5, 0.6) is 0 Å². The number of carbonyl (C=O) groups is 1. The number of nitrogens with zero attached hydrogens (tertiary/aromatic N) is 2. The van der Waals surface area contributed by atoms with Crippen LogP contribution in [0.1, 0.15) is 25.2 Å². The van der Waals surface area contributed by atoms with E-state index in [1.54, 1.807) is 11.6 Å². The molecular weight excluding hydrogens is 272 g/mol. The number of hydrogen-bond acceptors (Lipinski definition) is 3. The van der Waals surface area contributed by atoms with Gasteiger partial charge >= 0.3 is 0 Å². The topological polar surface area (TPSA) is 44.1 Å². The molecule has 0 aromatic carbocycles. The van der Waals surface area contributed by atoms with E-state index in [0.717, 1.165) is 15.9 Å². The highest BCUT2D eigenvalue weighted by Crippen LogP contribution is 2.21. The first-order chi connectivity index (χ1) is 7.47. The average molecular weight is 289 g/mol. The third kappa shape index (κ3) is 2.92. The van der Waals surface area contributed by atoms with E-state index in [1.807, 2.05) is 20.9 Å². The second kappa shape index (κ2) is 5.59. The van der Waals surface area contributed by atoms with Crippen molar-refractivity contribution < 1.29 is 9.53 Å². The molecule has 5 heteroatoms. The first kappa shape index (κ1) is 13.4. The summed E-state index contributed by atoms with van der Waals surface area (Å²) in [6, 6.07) is 0. The van der Waals surface area contributed by atoms with Gasteiger partial charge in [0.25, 0.3) is 0 Å². The third-order valence-electron chi connectivity index (χ3n) is 2.47. The molecule has 4 nitrogen and oxygen atoms in total. The van der Waals surface area contributed by atoms with Gasteiger partial charge in [0.15, 0.2) is 5.78 Å². The molecule has 0 aliphatic heterocycles. The molecule has 1 rings (SSSR count). The molecule has 0 saturated carbocycles. The molecule has 1 heterocycles. The molecule has 1 aromatic heterocycles.